The van der Waals surface area contributed by atoms with Gasteiger partial charge in [0, 0.05) is 5.69 Å². The van der Waals surface area contributed by atoms with Gasteiger partial charge in [-0.25, -0.2) is 9.18 Å². The van der Waals surface area contributed by atoms with Gasteiger partial charge >= 0.3 is 6.03 Å². The van der Waals surface area contributed by atoms with E-state index < -0.39 is 24.1 Å². The summed E-state index contributed by atoms with van der Waals surface area (Å²) in [5.41, 5.74) is 1.36. The van der Waals surface area contributed by atoms with Crippen LogP contribution in [0.2, 0.25) is 0 Å². The molecule has 3 amide bonds. The van der Waals surface area contributed by atoms with Gasteiger partial charge in [0.2, 0.25) is 5.91 Å². The number of anilines is 1. The molecule has 4 rings (SSSR count). The number of aliphatic hydroxyl groups is 1. The SMILES string of the molecule is C[C@H](NC(=O)C[C@H]1CC[C@@H]2[C@H](COC[C@@H](O)CN2C(=O)Nc2cccc(F)c2)O1)c1ccccc1. The number of nitrogens with one attached hydrogen (secondary N) is 2. The molecule has 2 aromatic rings. The third kappa shape index (κ3) is 6.78. The van der Waals surface area contributed by atoms with Crippen LogP contribution in [-0.4, -0.2) is 66.1 Å². The molecule has 8 nitrogen and oxygen atoms in total. The second-order valence-corrected chi connectivity index (χ2v) is 9.13. The van der Waals surface area contributed by atoms with Crippen molar-refractivity contribution < 1.29 is 28.6 Å². The van der Waals surface area contributed by atoms with Gasteiger partial charge in [0.25, 0.3) is 0 Å². The van der Waals surface area contributed by atoms with Gasteiger partial charge in [0.1, 0.15) is 11.9 Å². The summed E-state index contributed by atoms with van der Waals surface area (Å²) in [4.78, 5) is 27.3. The van der Waals surface area contributed by atoms with Crippen LogP contribution < -0.4 is 10.6 Å². The molecule has 0 unspecified atom stereocenters. The quantitative estimate of drug-likeness (QED) is 0.604. The first kappa shape index (κ1) is 25.1. The molecule has 0 radical (unpaired) electrons. The number of fused-ring (bicyclic) bond motifs is 1. The predicted octanol–water partition coefficient (Wildman–Crippen LogP) is 3.23. The number of hydrogen-bond donors (Lipinski definition) is 3. The van der Waals surface area contributed by atoms with Crippen LogP contribution in [0.5, 0.6) is 0 Å². The predicted molar refractivity (Wildman–Crippen MR) is 128 cm³/mol. The summed E-state index contributed by atoms with van der Waals surface area (Å²) < 4.78 is 25.4. The van der Waals surface area contributed by atoms with Crippen LogP contribution in [0.15, 0.2) is 54.6 Å². The molecule has 3 N–H and O–H groups in total. The molecular formula is C26H32FN3O5. The number of amides is 3. The zero-order chi connectivity index (χ0) is 24.8. The fourth-order valence-electron chi connectivity index (χ4n) is 4.67. The van der Waals surface area contributed by atoms with Crippen molar-refractivity contribution in [3.05, 3.63) is 66.0 Å². The van der Waals surface area contributed by atoms with Gasteiger partial charge in [-0.1, -0.05) is 36.4 Å². The molecule has 0 saturated carbocycles. The average molecular weight is 486 g/mol. The summed E-state index contributed by atoms with van der Waals surface area (Å²) in [5, 5.41) is 16.0. The third-order valence-corrected chi connectivity index (χ3v) is 6.41. The summed E-state index contributed by atoms with van der Waals surface area (Å²) in [6.07, 6.45) is -0.229. The number of ether oxygens (including phenoxy) is 2. The van der Waals surface area contributed by atoms with E-state index in [9.17, 15) is 19.1 Å². The maximum absolute atomic E-state index is 13.6. The Morgan fingerprint density at radius 3 is 2.71 bits per heavy atom. The lowest BCUT2D eigenvalue weighted by atomic mass is 9.94. The Morgan fingerprint density at radius 1 is 1.14 bits per heavy atom. The molecule has 9 heteroatoms. The minimum absolute atomic E-state index is 0.0609. The van der Waals surface area contributed by atoms with Gasteiger partial charge in [-0.3, -0.25) is 4.79 Å². The first-order chi connectivity index (χ1) is 16.9. The minimum Gasteiger partial charge on any atom is -0.389 e. The molecule has 2 heterocycles. The molecular weight excluding hydrogens is 453 g/mol. The summed E-state index contributed by atoms with van der Waals surface area (Å²) in [6.45, 7) is 2.26. The lowest BCUT2D eigenvalue weighted by Gasteiger charge is -2.44. The maximum atomic E-state index is 13.6. The molecule has 5 atom stereocenters. The van der Waals surface area contributed by atoms with Gasteiger partial charge < -0.3 is 30.1 Å². The first-order valence-electron chi connectivity index (χ1n) is 12.0. The van der Waals surface area contributed by atoms with Gasteiger partial charge in [-0.2, -0.15) is 0 Å². The van der Waals surface area contributed by atoms with Gasteiger partial charge in [0.15, 0.2) is 0 Å². The topological polar surface area (TPSA) is 100 Å². The molecule has 35 heavy (non-hydrogen) atoms. The lowest BCUT2D eigenvalue weighted by Crippen LogP contribution is -2.58. The highest BCUT2D eigenvalue weighted by Crippen LogP contribution is 2.28. The van der Waals surface area contributed by atoms with Crippen molar-refractivity contribution >= 4 is 17.6 Å². The average Bonchev–Trinajstić information content (AvgIpc) is 2.82. The molecule has 2 fully saturated rings. The Labute approximate surface area is 204 Å². The van der Waals surface area contributed by atoms with Crippen LogP contribution in [-0.2, 0) is 14.3 Å². The molecule has 2 aliphatic rings. The minimum atomic E-state index is -0.850. The van der Waals surface area contributed by atoms with E-state index in [1.54, 1.807) is 6.07 Å². The molecule has 2 aliphatic heterocycles. The molecule has 188 valence electrons. The van der Waals surface area contributed by atoms with Crippen molar-refractivity contribution in [2.24, 2.45) is 0 Å². The fourth-order valence-corrected chi connectivity index (χ4v) is 4.67. The van der Waals surface area contributed by atoms with Crippen LogP contribution >= 0.6 is 0 Å². The summed E-state index contributed by atoms with van der Waals surface area (Å²) >= 11 is 0. The Bertz CT molecular complexity index is 1010. The highest BCUT2D eigenvalue weighted by Gasteiger charge is 2.40. The smallest absolute Gasteiger partial charge is 0.322 e. The highest BCUT2D eigenvalue weighted by molar-refractivity contribution is 5.89. The van der Waals surface area contributed by atoms with Crippen molar-refractivity contribution in [2.45, 2.75) is 56.6 Å². The van der Waals surface area contributed by atoms with Crippen LogP contribution in [0.1, 0.15) is 37.8 Å². The normalized spacial score (nSPS) is 25.5. The number of nitrogens with zero attached hydrogens (tertiary/aromatic N) is 1. The van der Waals surface area contributed by atoms with Crippen molar-refractivity contribution in [3.63, 3.8) is 0 Å². The summed E-state index contributed by atoms with van der Waals surface area (Å²) in [5.74, 6) is -0.557. The van der Waals surface area contributed by atoms with E-state index in [1.165, 1.54) is 23.1 Å². The van der Waals surface area contributed by atoms with E-state index in [2.05, 4.69) is 10.6 Å². The number of aliphatic hydroxyl groups excluding tert-OH is 1. The molecule has 0 aliphatic carbocycles. The van der Waals surface area contributed by atoms with E-state index in [4.69, 9.17) is 9.47 Å². The number of benzene rings is 2. The number of carbonyl (C=O) groups excluding carboxylic acids is 2. The zero-order valence-corrected chi connectivity index (χ0v) is 19.7. The molecule has 0 aromatic heterocycles. The van der Waals surface area contributed by atoms with E-state index in [-0.39, 0.29) is 50.3 Å². The number of rotatable bonds is 5. The Kier molecular flexibility index (Phi) is 8.33. The van der Waals surface area contributed by atoms with E-state index in [0.717, 1.165) is 5.56 Å². The van der Waals surface area contributed by atoms with Crippen molar-refractivity contribution in [1.82, 2.24) is 10.2 Å². The summed E-state index contributed by atoms with van der Waals surface area (Å²) in [7, 11) is 0. The Morgan fingerprint density at radius 2 is 1.94 bits per heavy atom. The highest BCUT2D eigenvalue weighted by atomic mass is 19.1. The molecule has 0 spiro atoms. The van der Waals surface area contributed by atoms with Crippen molar-refractivity contribution in [1.29, 1.82) is 0 Å². The molecule has 2 saturated heterocycles. The van der Waals surface area contributed by atoms with Gasteiger partial charge in [-0.05, 0) is 43.5 Å². The zero-order valence-electron chi connectivity index (χ0n) is 19.7. The van der Waals surface area contributed by atoms with Crippen molar-refractivity contribution in [2.75, 3.05) is 25.1 Å². The van der Waals surface area contributed by atoms with E-state index in [1.807, 2.05) is 37.3 Å². The molecule has 2 aromatic carbocycles. The Hall–Kier alpha value is -3.01. The second kappa shape index (κ2) is 11.6. The van der Waals surface area contributed by atoms with Crippen LogP contribution in [0, 0.1) is 5.82 Å². The monoisotopic (exact) mass is 485 g/mol. The van der Waals surface area contributed by atoms with Crippen LogP contribution in [0.4, 0.5) is 14.9 Å². The van der Waals surface area contributed by atoms with Gasteiger partial charge in [0.05, 0.1) is 50.5 Å². The largest absolute Gasteiger partial charge is 0.389 e. The maximum Gasteiger partial charge on any atom is 0.322 e. The number of urea groups is 1. The van der Waals surface area contributed by atoms with E-state index >= 15 is 0 Å². The van der Waals surface area contributed by atoms with Crippen LogP contribution in [0.3, 0.4) is 0 Å². The second-order valence-electron chi connectivity index (χ2n) is 9.13. The number of carbonyl (C=O) groups is 2. The number of hydrogen-bond acceptors (Lipinski definition) is 5. The standard InChI is InChI=1S/C26H32FN3O5/c1-17(18-6-3-2-4-7-18)28-25(32)13-22-10-11-23-24(35-22)16-34-15-21(31)14-30(23)26(33)29-20-9-5-8-19(27)12-20/h2-9,12,17,21-24,31H,10-11,13-16H2,1H3,(H,28,32)(H,29,33)/t17-,21-,22+,23+,24-/m0/s1. The number of halogens is 1. The molecule has 0 bridgehead atoms. The number of β-amino-alcohol motifs (C(OH)–C–C–N with tert-alkyl or cyclic N) is 1. The third-order valence-electron chi connectivity index (χ3n) is 6.41. The lowest BCUT2D eigenvalue weighted by molar-refractivity contribution is -0.150. The van der Waals surface area contributed by atoms with Crippen molar-refractivity contribution in [3.8, 4) is 0 Å². The Balaban J connectivity index is 1.38. The first-order valence-corrected chi connectivity index (χ1v) is 12.0. The van der Waals surface area contributed by atoms with Gasteiger partial charge in [-0.15, -0.1) is 0 Å². The van der Waals surface area contributed by atoms with E-state index in [0.29, 0.717) is 18.5 Å². The van der Waals surface area contributed by atoms with Crippen LogP contribution in [0.25, 0.3) is 0 Å². The summed E-state index contributed by atoms with van der Waals surface area (Å²) in [6, 6.07) is 14.5. The fraction of sp³-hybridized carbons (Fsp3) is 0.462.